The fourth-order valence-electron chi connectivity index (χ4n) is 4.89. The first-order valence-electron chi connectivity index (χ1n) is 11.5. The van der Waals surface area contributed by atoms with Gasteiger partial charge in [0.2, 0.25) is 0 Å². The molecular weight excluding hydrogens is 400 g/mol. The average molecular weight is 431 g/mol. The van der Waals surface area contributed by atoms with Crippen LogP contribution in [0.15, 0.2) is 60.8 Å². The lowest BCUT2D eigenvalue weighted by atomic mass is 10.1. The Hall–Kier alpha value is -3.12. The minimum Gasteiger partial charge on any atom is -0.497 e. The first kappa shape index (κ1) is 20.8. The molecule has 1 unspecified atom stereocenters. The van der Waals surface area contributed by atoms with Gasteiger partial charge in [-0.2, -0.15) is 5.10 Å². The van der Waals surface area contributed by atoms with Gasteiger partial charge in [0.1, 0.15) is 11.4 Å². The molecule has 0 radical (unpaired) electrons. The molecule has 1 aromatic heterocycles. The van der Waals surface area contributed by atoms with Crippen molar-refractivity contribution in [3.63, 3.8) is 0 Å². The Balaban J connectivity index is 1.43. The molecule has 1 amide bonds. The lowest BCUT2D eigenvalue weighted by molar-refractivity contribution is 0.0780. The molecule has 0 aliphatic carbocycles. The second-order valence-corrected chi connectivity index (χ2v) is 8.74. The van der Waals surface area contributed by atoms with E-state index in [1.54, 1.807) is 7.11 Å². The normalized spacial score (nSPS) is 18.9. The summed E-state index contributed by atoms with van der Waals surface area (Å²) in [5.74, 6) is 0.871. The van der Waals surface area contributed by atoms with Crippen molar-refractivity contribution in [2.24, 2.45) is 0 Å². The summed E-state index contributed by atoms with van der Waals surface area (Å²) in [6.45, 7) is 4.59. The summed E-state index contributed by atoms with van der Waals surface area (Å²) in [7, 11) is 1.66. The first-order chi connectivity index (χ1) is 15.7. The molecule has 0 N–H and O–H groups in total. The van der Waals surface area contributed by atoms with E-state index < -0.39 is 0 Å². The van der Waals surface area contributed by atoms with Gasteiger partial charge in [-0.15, -0.1) is 0 Å². The summed E-state index contributed by atoms with van der Waals surface area (Å²) in [6, 6.07) is 18.5. The third-order valence-electron chi connectivity index (χ3n) is 6.65. The number of benzene rings is 2. The van der Waals surface area contributed by atoms with Crippen molar-refractivity contribution in [2.75, 3.05) is 33.3 Å². The van der Waals surface area contributed by atoms with Gasteiger partial charge in [-0.25, -0.2) is 0 Å². The molecule has 2 aliphatic heterocycles. The number of carbonyl (C=O) groups excluding carboxylic acids is 1. The van der Waals surface area contributed by atoms with Gasteiger partial charge in [-0.3, -0.25) is 14.4 Å². The summed E-state index contributed by atoms with van der Waals surface area (Å²) < 4.78 is 7.19. The van der Waals surface area contributed by atoms with Crippen LogP contribution in [-0.4, -0.2) is 64.8 Å². The number of rotatable bonds is 6. The second-order valence-electron chi connectivity index (χ2n) is 8.74. The predicted octanol–water partition coefficient (Wildman–Crippen LogP) is 3.92. The van der Waals surface area contributed by atoms with Gasteiger partial charge in [0.25, 0.3) is 5.91 Å². The molecule has 1 atom stereocenters. The highest BCUT2D eigenvalue weighted by molar-refractivity contribution is 6.00. The monoisotopic (exact) mass is 430 g/mol. The van der Waals surface area contributed by atoms with Crippen molar-refractivity contribution in [1.82, 2.24) is 19.6 Å². The van der Waals surface area contributed by atoms with Crippen molar-refractivity contribution in [2.45, 2.75) is 31.8 Å². The zero-order chi connectivity index (χ0) is 21.9. The molecule has 3 aromatic rings. The van der Waals surface area contributed by atoms with Crippen molar-refractivity contribution in [1.29, 1.82) is 0 Å². The van der Waals surface area contributed by atoms with Crippen LogP contribution in [0, 0.1) is 0 Å². The molecule has 2 fully saturated rings. The Morgan fingerprint density at radius 2 is 1.78 bits per heavy atom. The standard InChI is InChI=1S/C26H30N4O2/c1-32-23-11-9-21(10-12-23)25-24(19-30(27-25)17-20-7-3-2-4-8-20)26(31)29-16-13-22(18-29)28-14-5-6-15-28/h2-4,7-12,19,22H,5-6,13-18H2,1H3. The largest absolute Gasteiger partial charge is 0.497 e. The smallest absolute Gasteiger partial charge is 0.257 e. The van der Waals surface area contributed by atoms with E-state index in [4.69, 9.17) is 9.84 Å². The molecule has 0 bridgehead atoms. The van der Waals surface area contributed by atoms with Crippen LogP contribution in [0.25, 0.3) is 11.3 Å². The number of hydrogen-bond acceptors (Lipinski definition) is 4. The van der Waals surface area contributed by atoms with E-state index in [-0.39, 0.29) is 5.91 Å². The lowest BCUT2D eigenvalue weighted by Crippen LogP contribution is -2.37. The Morgan fingerprint density at radius 3 is 2.50 bits per heavy atom. The maximum Gasteiger partial charge on any atom is 0.257 e. The number of hydrogen-bond donors (Lipinski definition) is 0. The van der Waals surface area contributed by atoms with Crippen LogP contribution in [0.2, 0.25) is 0 Å². The maximum atomic E-state index is 13.6. The molecule has 2 aliphatic rings. The van der Waals surface area contributed by atoms with E-state index in [1.165, 1.54) is 25.9 Å². The topological polar surface area (TPSA) is 50.6 Å². The summed E-state index contributed by atoms with van der Waals surface area (Å²) in [6.07, 6.45) is 5.52. The van der Waals surface area contributed by atoms with Crippen LogP contribution in [0.3, 0.4) is 0 Å². The highest BCUT2D eigenvalue weighted by Gasteiger charge is 2.33. The van der Waals surface area contributed by atoms with Crippen LogP contribution in [0.5, 0.6) is 5.75 Å². The lowest BCUT2D eigenvalue weighted by Gasteiger charge is -2.23. The number of ether oxygens (including phenoxy) is 1. The van der Waals surface area contributed by atoms with Crippen molar-refractivity contribution in [3.8, 4) is 17.0 Å². The molecule has 0 saturated carbocycles. The highest BCUT2D eigenvalue weighted by atomic mass is 16.5. The molecule has 2 aromatic carbocycles. The number of amides is 1. The molecule has 3 heterocycles. The number of carbonyl (C=O) groups is 1. The molecule has 0 spiro atoms. The van der Waals surface area contributed by atoms with Gasteiger partial charge in [-0.05, 0) is 62.2 Å². The van der Waals surface area contributed by atoms with E-state index in [2.05, 4.69) is 17.0 Å². The van der Waals surface area contributed by atoms with Crippen LogP contribution >= 0.6 is 0 Å². The summed E-state index contributed by atoms with van der Waals surface area (Å²) in [4.78, 5) is 18.2. The Kier molecular flexibility index (Phi) is 5.95. The summed E-state index contributed by atoms with van der Waals surface area (Å²) >= 11 is 0. The Bertz CT molecular complexity index is 1060. The average Bonchev–Trinajstić information content (AvgIpc) is 3.60. The quantitative estimate of drug-likeness (QED) is 0.595. The molecular formula is C26H30N4O2. The minimum atomic E-state index is 0.0804. The SMILES string of the molecule is COc1ccc(-c2nn(Cc3ccccc3)cc2C(=O)N2CCC(N3CCCC3)C2)cc1. The van der Waals surface area contributed by atoms with Gasteiger partial charge in [-0.1, -0.05) is 30.3 Å². The van der Waals surface area contributed by atoms with Crippen molar-refractivity contribution in [3.05, 3.63) is 71.9 Å². The Morgan fingerprint density at radius 1 is 1.03 bits per heavy atom. The van der Waals surface area contributed by atoms with Crippen LogP contribution in [0.1, 0.15) is 35.2 Å². The third kappa shape index (κ3) is 4.28. The molecule has 32 heavy (non-hydrogen) atoms. The number of aromatic nitrogens is 2. The fraction of sp³-hybridized carbons (Fsp3) is 0.385. The Labute approximate surface area is 189 Å². The van der Waals surface area contributed by atoms with E-state index in [1.807, 2.05) is 58.2 Å². The number of nitrogens with zero attached hydrogens (tertiary/aromatic N) is 4. The second kappa shape index (κ2) is 9.17. The van der Waals surface area contributed by atoms with E-state index in [0.717, 1.165) is 42.1 Å². The molecule has 5 rings (SSSR count). The number of likely N-dealkylation sites (tertiary alicyclic amines) is 2. The van der Waals surface area contributed by atoms with E-state index >= 15 is 0 Å². The molecule has 166 valence electrons. The van der Waals surface area contributed by atoms with Gasteiger partial charge >= 0.3 is 0 Å². The van der Waals surface area contributed by atoms with E-state index in [9.17, 15) is 4.79 Å². The van der Waals surface area contributed by atoms with Gasteiger partial charge in [0, 0.05) is 30.9 Å². The minimum absolute atomic E-state index is 0.0804. The first-order valence-corrected chi connectivity index (χ1v) is 11.5. The highest BCUT2D eigenvalue weighted by Crippen LogP contribution is 2.28. The molecule has 2 saturated heterocycles. The predicted molar refractivity (Wildman–Crippen MR) is 125 cm³/mol. The van der Waals surface area contributed by atoms with Crippen molar-refractivity contribution < 1.29 is 9.53 Å². The van der Waals surface area contributed by atoms with Gasteiger partial charge < -0.3 is 9.64 Å². The molecule has 6 nitrogen and oxygen atoms in total. The zero-order valence-electron chi connectivity index (χ0n) is 18.6. The summed E-state index contributed by atoms with van der Waals surface area (Å²) in [5, 5.41) is 4.84. The van der Waals surface area contributed by atoms with Gasteiger partial charge in [0.05, 0.1) is 19.2 Å². The zero-order valence-corrected chi connectivity index (χ0v) is 18.6. The molecule has 6 heteroatoms. The van der Waals surface area contributed by atoms with E-state index in [0.29, 0.717) is 18.2 Å². The van der Waals surface area contributed by atoms with Crippen LogP contribution < -0.4 is 4.74 Å². The summed E-state index contributed by atoms with van der Waals surface area (Å²) in [5.41, 5.74) is 3.49. The van der Waals surface area contributed by atoms with Crippen molar-refractivity contribution >= 4 is 5.91 Å². The van der Waals surface area contributed by atoms with Crippen LogP contribution in [0.4, 0.5) is 0 Å². The van der Waals surface area contributed by atoms with Gasteiger partial charge in [0.15, 0.2) is 0 Å². The fourth-order valence-corrected chi connectivity index (χ4v) is 4.89. The van der Waals surface area contributed by atoms with Crippen LogP contribution in [-0.2, 0) is 6.54 Å². The maximum absolute atomic E-state index is 13.6. The third-order valence-corrected chi connectivity index (χ3v) is 6.65. The number of methoxy groups -OCH3 is 1.